The maximum atomic E-state index is 13.0. The van der Waals surface area contributed by atoms with Crippen molar-refractivity contribution >= 4 is 16.0 Å². The normalized spacial score (nSPS) is 18.6. The topological polar surface area (TPSA) is 83.5 Å². The Morgan fingerprint density at radius 3 is 2.22 bits per heavy atom. The highest BCUT2D eigenvalue weighted by Crippen LogP contribution is 2.36. The predicted molar refractivity (Wildman–Crippen MR) is 75.2 cm³/mol. The van der Waals surface area contributed by atoms with E-state index < -0.39 is 38.2 Å². The first-order chi connectivity index (χ1) is 10.6. The lowest BCUT2D eigenvalue weighted by Gasteiger charge is -2.33. The molecule has 1 aromatic rings. The minimum Gasteiger partial charge on any atom is -0.480 e. The molecule has 1 aliphatic rings. The van der Waals surface area contributed by atoms with Gasteiger partial charge in [-0.3, -0.25) is 4.79 Å². The van der Waals surface area contributed by atoms with E-state index in [1.165, 1.54) is 0 Å². The summed E-state index contributed by atoms with van der Waals surface area (Å²) in [6.07, 6.45) is -3.00. The van der Waals surface area contributed by atoms with Crippen LogP contribution in [0.4, 0.5) is 13.2 Å². The molecule has 0 aromatic heterocycles. The lowest BCUT2D eigenvalue weighted by molar-refractivity contribution is -0.145. The molecule has 0 atom stereocenters. The van der Waals surface area contributed by atoms with E-state index in [4.69, 9.17) is 0 Å². The van der Waals surface area contributed by atoms with Crippen molar-refractivity contribution in [2.75, 3.05) is 0 Å². The van der Waals surface area contributed by atoms with Crippen LogP contribution in [-0.4, -0.2) is 25.0 Å². The molecular formula is C14H16F3NO4S. The molecule has 0 aliphatic heterocycles. The Morgan fingerprint density at radius 2 is 1.70 bits per heavy atom. The number of rotatable bonds is 4. The Balaban J connectivity index is 2.45. The molecule has 23 heavy (non-hydrogen) atoms. The second kappa shape index (κ2) is 6.12. The Kier molecular flexibility index (Phi) is 4.72. The summed E-state index contributed by atoms with van der Waals surface area (Å²) in [5.41, 5.74) is -3.07. The van der Waals surface area contributed by atoms with Crippen LogP contribution in [0.15, 0.2) is 29.2 Å². The van der Waals surface area contributed by atoms with Crippen molar-refractivity contribution in [3.8, 4) is 0 Å². The van der Waals surface area contributed by atoms with Gasteiger partial charge < -0.3 is 5.11 Å². The lowest BCUT2D eigenvalue weighted by atomic mass is 9.83. The highest BCUT2D eigenvalue weighted by atomic mass is 32.2. The van der Waals surface area contributed by atoms with Crippen molar-refractivity contribution in [3.63, 3.8) is 0 Å². The average Bonchev–Trinajstić information content (AvgIpc) is 2.47. The number of halogens is 3. The van der Waals surface area contributed by atoms with Gasteiger partial charge in [0.1, 0.15) is 5.54 Å². The molecule has 2 N–H and O–H groups in total. The summed E-state index contributed by atoms with van der Waals surface area (Å²) in [7, 11) is -4.63. The molecule has 0 saturated heterocycles. The SMILES string of the molecule is O=C(O)C1(NS(=O)(=O)c2ccccc2C(F)(F)F)CCCCC1. The molecule has 1 fully saturated rings. The maximum absolute atomic E-state index is 13.0. The zero-order valence-corrected chi connectivity index (χ0v) is 12.9. The minimum atomic E-state index is -4.85. The summed E-state index contributed by atoms with van der Waals surface area (Å²) in [6.45, 7) is 0. The zero-order chi connectivity index (χ0) is 17.3. The van der Waals surface area contributed by atoms with Gasteiger partial charge in [-0.25, -0.2) is 8.42 Å². The third-order valence-electron chi connectivity index (χ3n) is 3.93. The summed E-state index contributed by atoms with van der Waals surface area (Å²) >= 11 is 0. The first kappa shape index (κ1) is 17.7. The molecule has 0 unspecified atom stereocenters. The first-order valence-corrected chi connectivity index (χ1v) is 8.50. The Hall–Kier alpha value is -1.61. The van der Waals surface area contributed by atoms with Gasteiger partial charge in [0.25, 0.3) is 0 Å². The van der Waals surface area contributed by atoms with Crippen molar-refractivity contribution in [2.45, 2.75) is 48.7 Å². The molecule has 1 aromatic carbocycles. The number of carbonyl (C=O) groups is 1. The Morgan fingerprint density at radius 1 is 1.13 bits per heavy atom. The van der Waals surface area contributed by atoms with E-state index >= 15 is 0 Å². The van der Waals surface area contributed by atoms with Gasteiger partial charge in [-0.2, -0.15) is 17.9 Å². The van der Waals surface area contributed by atoms with Gasteiger partial charge in [-0.1, -0.05) is 31.4 Å². The molecule has 0 amide bonds. The van der Waals surface area contributed by atoms with Gasteiger partial charge in [0.15, 0.2) is 0 Å². The summed E-state index contributed by atoms with van der Waals surface area (Å²) < 4.78 is 65.8. The summed E-state index contributed by atoms with van der Waals surface area (Å²) in [4.78, 5) is 10.6. The summed E-state index contributed by atoms with van der Waals surface area (Å²) in [5.74, 6) is -1.37. The van der Waals surface area contributed by atoms with Crippen LogP contribution in [0.5, 0.6) is 0 Å². The standard InChI is InChI=1S/C14H16F3NO4S/c15-14(16,17)10-6-2-3-7-11(10)23(21,22)18-13(12(19)20)8-4-1-5-9-13/h2-3,6-7,18H,1,4-5,8-9H2,(H,19,20). The van der Waals surface area contributed by atoms with Gasteiger partial charge in [0.2, 0.25) is 10.0 Å². The molecule has 5 nitrogen and oxygen atoms in total. The van der Waals surface area contributed by atoms with Crippen molar-refractivity contribution in [3.05, 3.63) is 29.8 Å². The van der Waals surface area contributed by atoms with E-state index in [-0.39, 0.29) is 12.8 Å². The van der Waals surface area contributed by atoms with Crippen LogP contribution in [0.25, 0.3) is 0 Å². The maximum Gasteiger partial charge on any atom is 0.417 e. The fourth-order valence-corrected chi connectivity index (χ4v) is 4.41. The highest BCUT2D eigenvalue weighted by molar-refractivity contribution is 7.89. The van der Waals surface area contributed by atoms with Crippen molar-refractivity contribution < 1.29 is 31.5 Å². The Labute approximate surface area is 131 Å². The molecule has 0 radical (unpaired) electrons. The summed E-state index contributed by atoms with van der Waals surface area (Å²) in [5, 5.41) is 9.38. The Bertz CT molecular complexity index is 694. The third-order valence-corrected chi connectivity index (χ3v) is 5.52. The second-order valence-electron chi connectivity index (χ2n) is 5.55. The van der Waals surface area contributed by atoms with E-state index in [9.17, 15) is 31.5 Å². The number of alkyl halides is 3. The number of nitrogens with one attached hydrogen (secondary N) is 1. The van der Waals surface area contributed by atoms with Crippen molar-refractivity contribution in [1.82, 2.24) is 4.72 Å². The van der Waals surface area contributed by atoms with Gasteiger partial charge >= 0.3 is 12.1 Å². The van der Waals surface area contributed by atoms with Crippen LogP contribution in [0.1, 0.15) is 37.7 Å². The molecule has 0 spiro atoms. The number of carboxylic acid groups (broad SMARTS) is 1. The number of sulfonamides is 1. The molecule has 2 rings (SSSR count). The molecule has 1 aliphatic carbocycles. The minimum absolute atomic E-state index is 0.0513. The second-order valence-corrected chi connectivity index (χ2v) is 7.20. The lowest BCUT2D eigenvalue weighted by Crippen LogP contribution is -2.55. The number of benzene rings is 1. The largest absolute Gasteiger partial charge is 0.480 e. The van der Waals surface area contributed by atoms with Crippen LogP contribution in [0, 0.1) is 0 Å². The molecule has 0 heterocycles. The van der Waals surface area contributed by atoms with E-state index in [1.807, 2.05) is 4.72 Å². The van der Waals surface area contributed by atoms with Gasteiger partial charge in [0, 0.05) is 0 Å². The molecule has 128 valence electrons. The summed E-state index contributed by atoms with van der Waals surface area (Å²) in [6, 6.07) is 3.72. The van der Waals surface area contributed by atoms with Gasteiger partial charge in [-0.05, 0) is 25.0 Å². The fourth-order valence-electron chi connectivity index (χ4n) is 2.76. The van der Waals surface area contributed by atoms with E-state index in [2.05, 4.69) is 0 Å². The average molecular weight is 351 g/mol. The predicted octanol–water partition coefficient (Wildman–Crippen LogP) is 2.77. The van der Waals surface area contributed by atoms with E-state index in [0.717, 1.165) is 24.6 Å². The highest BCUT2D eigenvalue weighted by Gasteiger charge is 2.45. The van der Waals surface area contributed by atoms with E-state index in [0.29, 0.717) is 18.9 Å². The molecule has 9 heteroatoms. The molecule has 0 bridgehead atoms. The van der Waals surface area contributed by atoms with Crippen LogP contribution in [0.2, 0.25) is 0 Å². The van der Waals surface area contributed by atoms with Crippen LogP contribution in [0.3, 0.4) is 0 Å². The molecule has 1 saturated carbocycles. The van der Waals surface area contributed by atoms with E-state index in [1.54, 1.807) is 0 Å². The van der Waals surface area contributed by atoms with Crippen molar-refractivity contribution in [2.24, 2.45) is 0 Å². The molecular weight excluding hydrogens is 335 g/mol. The van der Waals surface area contributed by atoms with Crippen molar-refractivity contribution in [1.29, 1.82) is 0 Å². The fraction of sp³-hybridized carbons (Fsp3) is 0.500. The quantitative estimate of drug-likeness (QED) is 0.874. The number of aliphatic carboxylic acids is 1. The first-order valence-electron chi connectivity index (χ1n) is 7.02. The number of hydrogen-bond donors (Lipinski definition) is 2. The van der Waals surface area contributed by atoms with Gasteiger partial charge in [0.05, 0.1) is 10.5 Å². The number of carboxylic acids is 1. The zero-order valence-electron chi connectivity index (χ0n) is 12.1. The van der Waals surface area contributed by atoms with Crippen LogP contribution in [-0.2, 0) is 21.0 Å². The van der Waals surface area contributed by atoms with Crippen LogP contribution >= 0.6 is 0 Å². The third kappa shape index (κ3) is 3.66. The van der Waals surface area contributed by atoms with Gasteiger partial charge in [-0.15, -0.1) is 0 Å². The van der Waals surface area contributed by atoms with Crippen LogP contribution < -0.4 is 4.72 Å². The smallest absolute Gasteiger partial charge is 0.417 e. The monoisotopic (exact) mass is 351 g/mol. The number of hydrogen-bond acceptors (Lipinski definition) is 3.